The van der Waals surface area contributed by atoms with Crippen molar-refractivity contribution >= 4 is 12.4 Å². The van der Waals surface area contributed by atoms with E-state index in [1.54, 1.807) is 0 Å². The van der Waals surface area contributed by atoms with Gasteiger partial charge in [-0.3, -0.25) is 9.59 Å². The van der Waals surface area contributed by atoms with Crippen LogP contribution in [0.4, 0.5) is 0 Å². The summed E-state index contributed by atoms with van der Waals surface area (Å²) in [6.45, 7) is 5.92. The third-order valence-corrected chi connectivity index (χ3v) is 1.38. The Labute approximate surface area is 78.4 Å². The van der Waals surface area contributed by atoms with E-state index in [9.17, 15) is 9.59 Å². The summed E-state index contributed by atoms with van der Waals surface area (Å²) in [5, 5.41) is 0. The predicted molar refractivity (Wildman–Crippen MR) is 48.8 cm³/mol. The lowest BCUT2D eigenvalue weighted by Gasteiger charge is -2.14. The highest BCUT2D eigenvalue weighted by molar-refractivity contribution is 5.78. The van der Waals surface area contributed by atoms with Crippen LogP contribution in [-0.2, 0) is 14.3 Å². The van der Waals surface area contributed by atoms with Gasteiger partial charge in [0.15, 0.2) is 0 Å². The first-order chi connectivity index (χ1) is 5.87. The molecule has 0 aliphatic heterocycles. The van der Waals surface area contributed by atoms with Crippen LogP contribution < -0.4 is 5.73 Å². The second-order valence-electron chi connectivity index (χ2n) is 4.00. The lowest BCUT2D eigenvalue weighted by atomic mass is 10.2. The standard InChI is InChI=1S/C5H10O2.C4H7NO/c1-5(2,3)7-4-6;5-4(6)3-1-2-3/h4H,1-3H3;3H,1-2H2,(H2,5,6). The van der Waals surface area contributed by atoms with Gasteiger partial charge in [-0.25, -0.2) is 0 Å². The summed E-state index contributed by atoms with van der Waals surface area (Å²) in [5.41, 5.74) is 4.54. The van der Waals surface area contributed by atoms with Gasteiger partial charge < -0.3 is 10.5 Å². The van der Waals surface area contributed by atoms with Gasteiger partial charge in [-0.15, -0.1) is 0 Å². The highest BCUT2D eigenvalue weighted by atomic mass is 16.5. The molecule has 0 saturated heterocycles. The van der Waals surface area contributed by atoms with Crippen molar-refractivity contribution in [1.82, 2.24) is 0 Å². The van der Waals surface area contributed by atoms with Crippen LogP contribution in [0.1, 0.15) is 33.6 Å². The number of carbonyl (C=O) groups excluding carboxylic acids is 2. The first kappa shape index (κ1) is 11.9. The molecule has 0 unspecified atom stereocenters. The van der Waals surface area contributed by atoms with Crippen molar-refractivity contribution in [3.05, 3.63) is 0 Å². The highest BCUT2D eigenvalue weighted by Crippen LogP contribution is 2.27. The molecule has 13 heavy (non-hydrogen) atoms. The van der Waals surface area contributed by atoms with Crippen molar-refractivity contribution in [3.63, 3.8) is 0 Å². The molecular weight excluding hydrogens is 170 g/mol. The van der Waals surface area contributed by atoms with E-state index in [2.05, 4.69) is 4.74 Å². The van der Waals surface area contributed by atoms with E-state index < -0.39 is 0 Å². The molecule has 0 radical (unpaired) electrons. The zero-order valence-corrected chi connectivity index (χ0v) is 8.37. The minimum absolute atomic E-state index is 0.130. The maximum Gasteiger partial charge on any atom is 0.293 e. The summed E-state index contributed by atoms with van der Waals surface area (Å²) in [6, 6.07) is 0. The molecule has 2 N–H and O–H groups in total. The Morgan fingerprint density at radius 3 is 1.92 bits per heavy atom. The Hall–Kier alpha value is -1.06. The molecule has 1 aliphatic rings. The molecule has 0 aromatic rings. The average molecular weight is 187 g/mol. The topological polar surface area (TPSA) is 69.4 Å². The molecule has 0 aromatic heterocycles. The summed E-state index contributed by atoms with van der Waals surface area (Å²) >= 11 is 0. The number of hydrogen-bond acceptors (Lipinski definition) is 3. The van der Waals surface area contributed by atoms with Gasteiger partial charge in [0.2, 0.25) is 5.91 Å². The lowest BCUT2D eigenvalue weighted by molar-refractivity contribution is -0.138. The largest absolute Gasteiger partial charge is 0.462 e. The molecule has 76 valence electrons. The fourth-order valence-corrected chi connectivity index (χ4v) is 0.512. The van der Waals surface area contributed by atoms with E-state index >= 15 is 0 Å². The fourth-order valence-electron chi connectivity index (χ4n) is 0.512. The van der Waals surface area contributed by atoms with Gasteiger partial charge in [-0.05, 0) is 33.6 Å². The summed E-state index contributed by atoms with van der Waals surface area (Å²) in [4.78, 5) is 19.6. The second kappa shape index (κ2) is 4.84. The van der Waals surface area contributed by atoms with E-state index in [1.165, 1.54) is 0 Å². The van der Waals surface area contributed by atoms with Crippen LogP contribution in [0.15, 0.2) is 0 Å². The van der Waals surface area contributed by atoms with Crippen molar-refractivity contribution in [2.45, 2.75) is 39.2 Å². The van der Waals surface area contributed by atoms with Crippen LogP contribution in [0.5, 0.6) is 0 Å². The molecule has 0 spiro atoms. The molecule has 4 nitrogen and oxygen atoms in total. The van der Waals surface area contributed by atoms with Gasteiger partial charge in [-0.2, -0.15) is 0 Å². The van der Waals surface area contributed by atoms with Crippen molar-refractivity contribution < 1.29 is 14.3 Å². The third kappa shape index (κ3) is 8.85. The van der Waals surface area contributed by atoms with Crippen LogP contribution >= 0.6 is 0 Å². The molecule has 1 amide bonds. The van der Waals surface area contributed by atoms with Gasteiger partial charge >= 0.3 is 0 Å². The Morgan fingerprint density at radius 1 is 1.46 bits per heavy atom. The molecule has 4 heteroatoms. The summed E-state index contributed by atoms with van der Waals surface area (Å²) < 4.78 is 4.55. The minimum Gasteiger partial charge on any atom is -0.462 e. The molecule has 1 rings (SSSR count). The first-order valence-corrected chi connectivity index (χ1v) is 4.27. The van der Waals surface area contributed by atoms with Crippen LogP contribution in [-0.4, -0.2) is 18.0 Å². The van der Waals surface area contributed by atoms with E-state index in [0.29, 0.717) is 6.47 Å². The zero-order valence-electron chi connectivity index (χ0n) is 8.37. The second-order valence-corrected chi connectivity index (χ2v) is 4.00. The van der Waals surface area contributed by atoms with Gasteiger partial charge in [0.05, 0.1) is 0 Å². The summed E-state index contributed by atoms with van der Waals surface area (Å²) in [7, 11) is 0. The normalized spacial score (nSPS) is 15.3. The van der Waals surface area contributed by atoms with E-state index in [1.807, 2.05) is 20.8 Å². The molecule has 1 saturated carbocycles. The molecule has 1 aliphatic carbocycles. The SMILES string of the molecule is CC(C)(C)OC=O.NC(=O)C1CC1. The van der Waals surface area contributed by atoms with E-state index in [0.717, 1.165) is 12.8 Å². The van der Waals surface area contributed by atoms with Crippen molar-refractivity contribution in [1.29, 1.82) is 0 Å². The smallest absolute Gasteiger partial charge is 0.293 e. The Morgan fingerprint density at radius 2 is 1.92 bits per heavy atom. The van der Waals surface area contributed by atoms with Crippen LogP contribution in [0, 0.1) is 5.92 Å². The van der Waals surface area contributed by atoms with E-state index in [-0.39, 0.29) is 17.4 Å². The van der Waals surface area contributed by atoms with Gasteiger partial charge in [-0.1, -0.05) is 0 Å². The number of amides is 1. The van der Waals surface area contributed by atoms with Crippen molar-refractivity contribution in [2.24, 2.45) is 11.7 Å². The van der Waals surface area contributed by atoms with Crippen LogP contribution in [0.3, 0.4) is 0 Å². The van der Waals surface area contributed by atoms with Crippen LogP contribution in [0.25, 0.3) is 0 Å². The first-order valence-electron chi connectivity index (χ1n) is 4.27. The molecular formula is C9H17NO3. The quantitative estimate of drug-likeness (QED) is 0.651. The summed E-state index contributed by atoms with van der Waals surface area (Å²) in [5.74, 6) is 0.111. The minimum atomic E-state index is -0.318. The lowest BCUT2D eigenvalue weighted by Crippen LogP contribution is -2.17. The number of rotatable bonds is 2. The van der Waals surface area contributed by atoms with Gasteiger partial charge in [0.1, 0.15) is 5.60 Å². The number of carbonyl (C=O) groups is 2. The van der Waals surface area contributed by atoms with Gasteiger partial charge in [0, 0.05) is 5.92 Å². The number of nitrogens with two attached hydrogens (primary N) is 1. The molecule has 1 fully saturated rings. The highest BCUT2D eigenvalue weighted by Gasteiger charge is 2.26. The fraction of sp³-hybridized carbons (Fsp3) is 0.778. The Kier molecular flexibility index (Phi) is 4.45. The number of hydrogen-bond donors (Lipinski definition) is 1. The maximum atomic E-state index is 9.98. The third-order valence-electron chi connectivity index (χ3n) is 1.38. The van der Waals surface area contributed by atoms with Crippen molar-refractivity contribution in [3.8, 4) is 0 Å². The maximum absolute atomic E-state index is 9.98. The monoisotopic (exact) mass is 187 g/mol. The Bertz CT molecular complexity index is 180. The molecule has 0 atom stereocenters. The zero-order chi connectivity index (χ0) is 10.5. The predicted octanol–water partition coefficient (Wildman–Crippen LogP) is 0.840. The molecule has 0 heterocycles. The van der Waals surface area contributed by atoms with E-state index in [4.69, 9.17) is 5.73 Å². The molecule has 0 bridgehead atoms. The average Bonchev–Trinajstić information content (AvgIpc) is 2.64. The summed E-state index contributed by atoms with van der Waals surface area (Å²) in [6.07, 6.45) is 2.05. The molecule has 0 aromatic carbocycles. The number of primary amides is 1. The van der Waals surface area contributed by atoms with Crippen molar-refractivity contribution in [2.75, 3.05) is 0 Å². The van der Waals surface area contributed by atoms with Crippen LogP contribution in [0.2, 0.25) is 0 Å². The Balaban J connectivity index is 0.000000223. The van der Waals surface area contributed by atoms with Gasteiger partial charge in [0.25, 0.3) is 6.47 Å². The number of ether oxygens (including phenoxy) is 1.